The monoisotopic (exact) mass is 424 g/mol. The lowest BCUT2D eigenvalue weighted by Crippen LogP contribution is -2.54. The van der Waals surface area contributed by atoms with E-state index in [-0.39, 0.29) is 6.61 Å². The number of hydrogen-bond donors (Lipinski definition) is 4. The first-order valence-electron chi connectivity index (χ1n) is 9.85. The second-order valence-electron chi connectivity index (χ2n) is 7.34. The molecule has 9 nitrogen and oxygen atoms in total. The molecule has 9 heteroatoms. The highest BCUT2D eigenvalue weighted by atomic mass is 16.5. The lowest BCUT2D eigenvalue weighted by atomic mass is 10.1. The molecule has 5 N–H and O–H groups in total. The van der Waals surface area contributed by atoms with Gasteiger partial charge in [-0.2, -0.15) is 0 Å². The van der Waals surface area contributed by atoms with Crippen LogP contribution in [0.3, 0.4) is 0 Å². The highest BCUT2D eigenvalue weighted by Gasteiger charge is 2.38. The van der Waals surface area contributed by atoms with Crippen molar-refractivity contribution in [1.82, 2.24) is 9.88 Å². The summed E-state index contributed by atoms with van der Waals surface area (Å²) in [6, 6.07) is 12.5. The number of anilines is 2. The summed E-state index contributed by atoms with van der Waals surface area (Å²) in [5.41, 5.74) is 7.21. The normalized spacial score (nSPS) is 17.5. The molecule has 162 valence electrons. The Morgan fingerprint density at radius 2 is 2.13 bits per heavy atom. The van der Waals surface area contributed by atoms with Crippen LogP contribution in [-0.2, 0) is 20.9 Å². The van der Waals surface area contributed by atoms with Crippen molar-refractivity contribution in [3.63, 3.8) is 0 Å². The van der Waals surface area contributed by atoms with Gasteiger partial charge in [-0.05, 0) is 35.9 Å². The molecule has 31 heavy (non-hydrogen) atoms. The Morgan fingerprint density at radius 3 is 2.87 bits per heavy atom. The van der Waals surface area contributed by atoms with Crippen molar-refractivity contribution in [3.8, 4) is 5.75 Å². The van der Waals surface area contributed by atoms with Gasteiger partial charge >= 0.3 is 0 Å². The molecule has 2 amide bonds. The van der Waals surface area contributed by atoms with Crippen LogP contribution in [0, 0.1) is 0 Å². The maximum atomic E-state index is 12.8. The maximum absolute atomic E-state index is 12.8. The molecule has 2 aromatic carbocycles. The Hall–Kier alpha value is -3.56. The summed E-state index contributed by atoms with van der Waals surface area (Å²) in [6.07, 6.45) is -1.18. The molecular weight excluding hydrogens is 400 g/mol. The number of hydrogen-bond acceptors (Lipinski definition) is 6. The number of ether oxygens (including phenoxy) is 2. The van der Waals surface area contributed by atoms with Crippen LogP contribution in [0.25, 0.3) is 10.8 Å². The van der Waals surface area contributed by atoms with E-state index in [1.54, 1.807) is 36.4 Å². The predicted molar refractivity (Wildman–Crippen MR) is 115 cm³/mol. The van der Waals surface area contributed by atoms with Gasteiger partial charge in [-0.15, -0.1) is 0 Å². The molecule has 1 aromatic heterocycles. The van der Waals surface area contributed by atoms with Crippen molar-refractivity contribution in [2.24, 2.45) is 0 Å². The number of aromatic amines is 1. The Balaban J connectivity index is 1.41. The van der Waals surface area contributed by atoms with E-state index in [9.17, 15) is 14.7 Å². The van der Waals surface area contributed by atoms with Gasteiger partial charge < -0.3 is 35.5 Å². The first-order chi connectivity index (χ1) is 15.0. The number of nitrogens with zero attached hydrogens (tertiary/aromatic N) is 1. The van der Waals surface area contributed by atoms with Crippen molar-refractivity contribution in [2.45, 2.75) is 18.8 Å². The van der Waals surface area contributed by atoms with Crippen LogP contribution in [0.1, 0.15) is 5.56 Å². The van der Waals surface area contributed by atoms with E-state index in [0.717, 1.165) is 22.1 Å². The molecular formula is C22H24N4O5. The van der Waals surface area contributed by atoms with E-state index < -0.39 is 24.0 Å². The van der Waals surface area contributed by atoms with Crippen LogP contribution in [0.5, 0.6) is 5.75 Å². The molecule has 1 saturated heterocycles. The van der Waals surface area contributed by atoms with Gasteiger partial charge in [0.2, 0.25) is 0 Å². The summed E-state index contributed by atoms with van der Waals surface area (Å²) < 4.78 is 10.6. The zero-order valence-electron chi connectivity index (χ0n) is 17.0. The zero-order chi connectivity index (χ0) is 22.0. The number of aliphatic hydroxyl groups excluding tert-OH is 1. The van der Waals surface area contributed by atoms with E-state index in [1.807, 2.05) is 24.3 Å². The summed E-state index contributed by atoms with van der Waals surface area (Å²) in [6.45, 7) is 0.954. The molecule has 4 rings (SSSR count). The van der Waals surface area contributed by atoms with Gasteiger partial charge in [-0.25, -0.2) is 0 Å². The van der Waals surface area contributed by atoms with Crippen LogP contribution in [0.15, 0.2) is 48.7 Å². The quantitative estimate of drug-likeness (QED) is 0.474. The van der Waals surface area contributed by atoms with E-state index in [0.29, 0.717) is 24.6 Å². The first kappa shape index (κ1) is 20.7. The molecule has 1 aliphatic heterocycles. The zero-order valence-corrected chi connectivity index (χ0v) is 17.0. The minimum Gasteiger partial charge on any atom is -0.497 e. The third-order valence-corrected chi connectivity index (χ3v) is 5.29. The van der Waals surface area contributed by atoms with E-state index in [1.165, 1.54) is 0 Å². The number of aromatic nitrogens is 1. The number of aliphatic hydroxyl groups is 1. The maximum Gasteiger partial charge on any atom is 0.256 e. The number of rotatable bonds is 6. The van der Waals surface area contributed by atoms with Crippen molar-refractivity contribution in [3.05, 3.63) is 54.2 Å². The topological polar surface area (TPSA) is 130 Å². The Labute approximate surface area is 178 Å². The van der Waals surface area contributed by atoms with Crippen LogP contribution in [0.4, 0.5) is 11.5 Å². The van der Waals surface area contributed by atoms with Crippen molar-refractivity contribution < 1.29 is 24.2 Å². The number of morpholine rings is 1. The number of nitrogen functional groups attached to an aromatic ring is 1. The van der Waals surface area contributed by atoms with E-state index in [2.05, 4.69) is 10.3 Å². The van der Waals surface area contributed by atoms with E-state index >= 15 is 0 Å². The number of fused-ring (bicyclic) bond motifs is 1. The van der Waals surface area contributed by atoms with Crippen molar-refractivity contribution in [1.29, 1.82) is 0 Å². The molecule has 1 aliphatic rings. The van der Waals surface area contributed by atoms with Crippen LogP contribution >= 0.6 is 0 Å². The van der Waals surface area contributed by atoms with Gasteiger partial charge in [0, 0.05) is 35.7 Å². The third kappa shape index (κ3) is 4.32. The second-order valence-corrected chi connectivity index (χ2v) is 7.34. The SMILES string of the molecule is COc1ccc(CN2CCO[C@H]([C@@H](O)C(=O)Nc3ccc4c(N)[nH]cc4c3)C2=O)cc1. The van der Waals surface area contributed by atoms with Crippen LogP contribution < -0.4 is 15.8 Å². The van der Waals surface area contributed by atoms with Gasteiger partial charge in [0.25, 0.3) is 11.8 Å². The summed E-state index contributed by atoms with van der Waals surface area (Å²) >= 11 is 0. The number of methoxy groups -OCH3 is 1. The first-order valence-corrected chi connectivity index (χ1v) is 9.85. The van der Waals surface area contributed by atoms with Gasteiger partial charge in [-0.1, -0.05) is 12.1 Å². The molecule has 1 fully saturated rings. The summed E-state index contributed by atoms with van der Waals surface area (Å²) in [7, 11) is 1.59. The lowest BCUT2D eigenvalue weighted by Gasteiger charge is -2.34. The minimum atomic E-state index is -1.64. The fraction of sp³-hybridized carbons (Fsp3) is 0.273. The number of nitrogens with one attached hydrogen (secondary N) is 2. The molecule has 2 heterocycles. The molecule has 2 atom stereocenters. The predicted octanol–water partition coefficient (Wildman–Crippen LogP) is 1.49. The molecule has 0 saturated carbocycles. The van der Waals surface area contributed by atoms with Gasteiger partial charge in [0.15, 0.2) is 12.2 Å². The Kier molecular flexibility index (Phi) is 5.79. The van der Waals surface area contributed by atoms with E-state index in [4.69, 9.17) is 15.2 Å². The average Bonchev–Trinajstić information content (AvgIpc) is 3.15. The highest BCUT2D eigenvalue weighted by Crippen LogP contribution is 2.24. The van der Waals surface area contributed by atoms with Crippen LogP contribution in [0.2, 0.25) is 0 Å². The molecule has 0 radical (unpaired) electrons. The Morgan fingerprint density at radius 1 is 1.35 bits per heavy atom. The summed E-state index contributed by atoms with van der Waals surface area (Å²) in [4.78, 5) is 29.9. The molecule has 0 spiro atoms. The van der Waals surface area contributed by atoms with Gasteiger partial charge in [0.1, 0.15) is 11.6 Å². The van der Waals surface area contributed by atoms with Crippen molar-refractivity contribution in [2.75, 3.05) is 31.3 Å². The van der Waals surface area contributed by atoms with Gasteiger partial charge in [0.05, 0.1) is 13.7 Å². The number of carbonyl (C=O) groups excluding carboxylic acids is 2. The second kappa shape index (κ2) is 8.66. The summed E-state index contributed by atoms with van der Waals surface area (Å²) in [5, 5.41) is 14.8. The lowest BCUT2D eigenvalue weighted by molar-refractivity contribution is -0.166. The fourth-order valence-electron chi connectivity index (χ4n) is 3.58. The van der Waals surface area contributed by atoms with Gasteiger partial charge in [-0.3, -0.25) is 9.59 Å². The number of nitrogens with two attached hydrogens (primary N) is 1. The largest absolute Gasteiger partial charge is 0.497 e. The Bertz CT molecular complexity index is 1090. The highest BCUT2D eigenvalue weighted by molar-refractivity contribution is 6.01. The molecule has 0 aliphatic carbocycles. The third-order valence-electron chi connectivity index (χ3n) is 5.29. The number of carbonyl (C=O) groups is 2. The molecule has 0 unspecified atom stereocenters. The standard InChI is InChI=1S/C22H24N4O5/c1-30-16-5-2-13(3-6-16)12-26-8-9-31-19(22(26)29)18(27)21(28)25-15-4-7-17-14(10-15)11-24-20(17)23/h2-7,10-11,18-19,24,27H,8-9,12,23H2,1H3,(H,25,28)/t18-,19-/m1/s1. The summed E-state index contributed by atoms with van der Waals surface area (Å²) in [5.74, 6) is 0.111. The van der Waals surface area contributed by atoms with Crippen LogP contribution in [-0.4, -0.2) is 59.3 Å². The molecule has 0 bridgehead atoms. The molecule has 3 aromatic rings. The number of benzene rings is 2. The minimum absolute atomic E-state index is 0.228. The van der Waals surface area contributed by atoms with Crippen molar-refractivity contribution >= 4 is 34.1 Å². The number of H-pyrrole nitrogens is 1. The fourth-order valence-corrected chi connectivity index (χ4v) is 3.58. The number of amides is 2. The smallest absolute Gasteiger partial charge is 0.256 e. The average molecular weight is 424 g/mol.